The molecule has 0 fully saturated rings. The van der Waals surface area contributed by atoms with E-state index in [1.165, 1.54) is 30.4 Å². The van der Waals surface area contributed by atoms with Gasteiger partial charge in [0.1, 0.15) is 0 Å². The molecule has 1 aliphatic carbocycles. The Kier molecular flexibility index (Phi) is 3.37. The van der Waals surface area contributed by atoms with E-state index in [2.05, 4.69) is 26.0 Å². The van der Waals surface area contributed by atoms with Gasteiger partial charge >= 0.3 is 0 Å². The van der Waals surface area contributed by atoms with E-state index in [0.29, 0.717) is 5.41 Å². The van der Waals surface area contributed by atoms with Crippen molar-refractivity contribution in [1.82, 2.24) is 0 Å². The van der Waals surface area contributed by atoms with Crippen LogP contribution < -0.4 is 0 Å². The van der Waals surface area contributed by atoms with Crippen LogP contribution in [0.4, 0.5) is 0 Å². The van der Waals surface area contributed by atoms with Crippen molar-refractivity contribution in [1.29, 1.82) is 0 Å². The molecular formula is C16H22O. The maximum Gasteiger partial charge on any atom is 0.159 e. The molecule has 0 amide bonds. The maximum absolute atomic E-state index is 11.4. The third kappa shape index (κ3) is 2.59. The molecule has 0 aromatic heterocycles. The molecule has 1 aromatic carbocycles. The van der Waals surface area contributed by atoms with Crippen molar-refractivity contribution in [3.05, 3.63) is 34.9 Å². The van der Waals surface area contributed by atoms with Crippen molar-refractivity contribution >= 4 is 5.78 Å². The van der Waals surface area contributed by atoms with Crippen molar-refractivity contribution in [2.45, 2.75) is 52.9 Å². The Labute approximate surface area is 104 Å². The van der Waals surface area contributed by atoms with Crippen LogP contribution in [0.15, 0.2) is 18.2 Å². The average molecular weight is 230 g/mol. The third-order valence-electron chi connectivity index (χ3n) is 4.46. The molecule has 0 saturated carbocycles. The molecule has 92 valence electrons. The minimum atomic E-state index is 0.176. The molecule has 0 heterocycles. The van der Waals surface area contributed by atoms with Gasteiger partial charge in [0.15, 0.2) is 5.78 Å². The fourth-order valence-corrected chi connectivity index (χ4v) is 2.67. The number of carbonyl (C=O) groups is 1. The highest BCUT2D eigenvalue weighted by atomic mass is 16.1. The van der Waals surface area contributed by atoms with E-state index < -0.39 is 0 Å². The van der Waals surface area contributed by atoms with E-state index in [9.17, 15) is 4.79 Å². The molecule has 0 bridgehead atoms. The van der Waals surface area contributed by atoms with Crippen LogP contribution in [0.1, 0.15) is 61.5 Å². The summed E-state index contributed by atoms with van der Waals surface area (Å²) in [4.78, 5) is 11.4. The first-order chi connectivity index (χ1) is 8.04. The number of rotatable bonds is 2. The van der Waals surface area contributed by atoms with Crippen molar-refractivity contribution in [3.8, 4) is 0 Å². The van der Waals surface area contributed by atoms with E-state index in [4.69, 9.17) is 0 Å². The van der Waals surface area contributed by atoms with Gasteiger partial charge in [-0.1, -0.05) is 32.4 Å². The van der Waals surface area contributed by atoms with Crippen LogP contribution in [0, 0.1) is 5.41 Å². The zero-order chi connectivity index (χ0) is 12.5. The summed E-state index contributed by atoms with van der Waals surface area (Å²) >= 11 is 0. The summed E-state index contributed by atoms with van der Waals surface area (Å²) in [6, 6.07) is 6.25. The largest absolute Gasteiger partial charge is 0.295 e. The van der Waals surface area contributed by atoms with Gasteiger partial charge in [-0.3, -0.25) is 4.79 Å². The highest BCUT2D eigenvalue weighted by molar-refractivity contribution is 5.94. The number of carbonyl (C=O) groups excluding carboxylic acids is 1. The Bertz CT molecular complexity index is 433. The number of fused-ring (bicyclic) bond motifs is 1. The van der Waals surface area contributed by atoms with Gasteiger partial charge in [-0.2, -0.15) is 0 Å². The fraction of sp³-hybridized carbons (Fsp3) is 0.562. The Morgan fingerprint density at radius 1 is 1.24 bits per heavy atom. The van der Waals surface area contributed by atoms with Crippen LogP contribution in [0.3, 0.4) is 0 Å². The maximum atomic E-state index is 11.4. The summed E-state index contributed by atoms with van der Waals surface area (Å²) in [5.41, 5.74) is 4.20. The Balaban J connectivity index is 2.28. The van der Waals surface area contributed by atoms with E-state index in [-0.39, 0.29) is 5.78 Å². The minimum Gasteiger partial charge on any atom is -0.295 e. The van der Waals surface area contributed by atoms with E-state index in [1.54, 1.807) is 6.92 Å². The highest BCUT2D eigenvalue weighted by Gasteiger charge is 2.25. The van der Waals surface area contributed by atoms with E-state index in [1.807, 2.05) is 6.07 Å². The van der Waals surface area contributed by atoms with Crippen LogP contribution in [0.2, 0.25) is 0 Å². The number of aryl methyl sites for hydroxylation is 2. The van der Waals surface area contributed by atoms with Gasteiger partial charge in [0.2, 0.25) is 0 Å². The Hall–Kier alpha value is -1.11. The normalized spacial score (nSPS) is 23.9. The number of benzene rings is 1. The molecule has 0 radical (unpaired) electrons. The van der Waals surface area contributed by atoms with Crippen LogP contribution >= 0.6 is 0 Å². The topological polar surface area (TPSA) is 17.1 Å². The molecule has 2 rings (SSSR count). The summed E-state index contributed by atoms with van der Waals surface area (Å²) in [5, 5.41) is 0. The zero-order valence-electron chi connectivity index (χ0n) is 11.2. The number of hydrogen-bond acceptors (Lipinski definition) is 1. The molecule has 0 aliphatic heterocycles. The Morgan fingerprint density at radius 2 is 1.88 bits per heavy atom. The fourth-order valence-electron chi connectivity index (χ4n) is 2.67. The third-order valence-corrected chi connectivity index (χ3v) is 4.46. The van der Waals surface area contributed by atoms with Gasteiger partial charge in [-0.25, -0.2) is 0 Å². The molecular weight excluding hydrogens is 208 g/mol. The molecule has 1 atom stereocenters. The van der Waals surface area contributed by atoms with E-state index in [0.717, 1.165) is 18.4 Å². The molecule has 0 N–H and O–H groups in total. The Morgan fingerprint density at radius 3 is 2.47 bits per heavy atom. The lowest BCUT2D eigenvalue weighted by Crippen LogP contribution is -2.14. The van der Waals surface area contributed by atoms with Gasteiger partial charge in [-0.05, 0) is 55.2 Å². The van der Waals surface area contributed by atoms with Crippen LogP contribution in [-0.2, 0) is 12.8 Å². The monoisotopic (exact) mass is 230 g/mol. The van der Waals surface area contributed by atoms with Crippen molar-refractivity contribution < 1.29 is 4.79 Å². The standard InChI is InChI=1S/C16H22O/c1-4-16(3)9-7-13-5-6-14(12(2)17)11-15(13)8-10-16/h5-6,11H,4,7-10H2,1-3H3. The predicted octanol–water partition coefficient (Wildman–Crippen LogP) is 4.18. The second kappa shape index (κ2) is 4.64. The summed E-state index contributed by atoms with van der Waals surface area (Å²) in [7, 11) is 0. The number of ketones is 1. The first kappa shape index (κ1) is 12.3. The summed E-state index contributed by atoms with van der Waals surface area (Å²) in [6.07, 6.45) is 6.06. The number of Topliss-reactive ketones (excluding diaryl/α,β-unsaturated/α-hetero) is 1. The van der Waals surface area contributed by atoms with Crippen LogP contribution in [-0.4, -0.2) is 5.78 Å². The zero-order valence-corrected chi connectivity index (χ0v) is 11.2. The van der Waals surface area contributed by atoms with Crippen molar-refractivity contribution in [2.24, 2.45) is 5.41 Å². The molecule has 1 heteroatoms. The molecule has 0 spiro atoms. The lowest BCUT2D eigenvalue weighted by atomic mass is 9.80. The summed E-state index contributed by atoms with van der Waals surface area (Å²) in [6.45, 7) is 6.33. The van der Waals surface area contributed by atoms with Crippen molar-refractivity contribution in [3.63, 3.8) is 0 Å². The average Bonchev–Trinajstić information content (AvgIpc) is 2.50. The quantitative estimate of drug-likeness (QED) is 0.550. The van der Waals surface area contributed by atoms with E-state index >= 15 is 0 Å². The second-order valence-electron chi connectivity index (χ2n) is 5.70. The first-order valence-electron chi connectivity index (χ1n) is 6.67. The molecule has 17 heavy (non-hydrogen) atoms. The summed E-state index contributed by atoms with van der Waals surface area (Å²) < 4.78 is 0. The molecule has 1 unspecified atom stereocenters. The SMILES string of the molecule is CCC1(C)CCc2ccc(C(C)=O)cc2CC1. The first-order valence-corrected chi connectivity index (χ1v) is 6.67. The minimum absolute atomic E-state index is 0.176. The lowest BCUT2D eigenvalue weighted by Gasteiger charge is -2.25. The van der Waals surface area contributed by atoms with Crippen LogP contribution in [0.5, 0.6) is 0 Å². The van der Waals surface area contributed by atoms with Gasteiger partial charge in [-0.15, -0.1) is 0 Å². The lowest BCUT2D eigenvalue weighted by molar-refractivity contribution is 0.101. The summed E-state index contributed by atoms with van der Waals surface area (Å²) in [5.74, 6) is 0.176. The smallest absolute Gasteiger partial charge is 0.159 e. The van der Waals surface area contributed by atoms with Crippen LogP contribution in [0.25, 0.3) is 0 Å². The van der Waals surface area contributed by atoms with Gasteiger partial charge in [0.05, 0.1) is 0 Å². The van der Waals surface area contributed by atoms with Gasteiger partial charge < -0.3 is 0 Å². The predicted molar refractivity (Wildman–Crippen MR) is 71.5 cm³/mol. The van der Waals surface area contributed by atoms with Gasteiger partial charge in [0.25, 0.3) is 0 Å². The molecule has 1 nitrogen and oxygen atoms in total. The number of hydrogen-bond donors (Lipinski definition) is 0. The molecule has 1 aromatic rings. The van der Waals surface area contributed by atoms with Gasteiger partial charge in [0, 0.05) is 5.56 Å². The highest BCUT2D eigenvalue weighted by Crippen LogP contribution is 2.37. The van der Waals surface area contributed by atoms with Crippen molar-refractivity contribution in [2.75, 3.05) is 0 Å². The second-order valence-corrected chi connectivity index (χ2v) is 5.70. The molecule has 0 saturated heterocycles. The molecule has 1 aliphatic rings.